The van der Waals surface area contributed by atoms with Gasteiger partial charge in [0, 0.05) is 24.6 Å². The van der Waals surface area contributed by atoms with Crippen LogP contribution in [-0.4, -0.2) is 58.8 Å². The SMILES string of the molecule is CCC(CNC(=O)OCC1c2ccccc2-c2ccccc21)CC(=O)N1CSC[C@H]1C(=O)O. The lowest BCUT2D eigenvalue weighted by atomic mass is 9.98. The van der Waals surface area contributed by atoms with Crippen molar-refractivity contribution in [1.29, 1.82) is 0 Å². The molecule has 2 aromatic rings. The number of hydrogen-bond donors (Lipinski definition) is 2. The summed E-state index contributed by atoms with van der Waals surface area (Å²) in [6.45, 7) is 2.49. The lowest BCUT2D eigenvalue weighted by Gasteiger charge is -2.23. The average molecular weight is 469 g/mol. The van der Waals surface area contributed by atoms with E-state index in [0.717, 1.165) is 11.1 Å². The average Bonchev–Trinajstić information content (AvgIpc) is 3.44. The van der Waals surface area contributed by atoms with Gasteiger partial charge in [0.05, 0.1) is 5.88 Å². The molecule has 1 saturated heterocycles. The van der Waals surface area contributed by atoms with E-state index in [-0.39, 0.29) is 30.8 Å². The van der Waals surface area contributed by atoms with Crippen molar-refractivity contribution < 1.29 is 24.2 Å². The summed E-state index contributed by atoms with van der Waals surface area (Å²) in [4.78, 5) is 37.8. The van der Waals surface area contributed by atoms with Crippen molar-refractivity contribution in [2.45, 2.75) is 31.7 Å². The molecule has 1 aliphatic carbocycles. The Hall–Kier alpha value is -3.00. The standard InChI is InChI=1S/C25H28N2O5S/c1-2-16(11-23(28)27-15-33-14-22(27)24(29)30)12-26-25(31)32-13-21-19-9-5-3-7-17(19)18-8-4-6-10-20(18)21/h3-10,16,21-22H,2,11-15H2,1H3,(H,26,31)(H,29,30)/t16?,22-/m0/s1. The van der Waals surface area contributed by atoms with Gasteiger partial charge in [-0.05, 0) is 28.2 Å². The molecule has 1 fully saturated rings. The van der Waals surface area contributed by atoms with Gasteiger partial charge in [0.2, 0.25) is 5.91 Å². The number of carboxylic acid groups (broad SMARTS) is 1. The summed E-state index contributed by atoms with van der Waals surface area (Å²) >= 11 is 1.44. The number of nitrogens with one attached hydrogen (secondary N) is 1. The first kappa shape index (κ1) is 23.2. The van der Waals surface area contributed by atoms with E-state index in [2.05, 4.69) is 29.6 Å². The van der Waals surface area contributed by atoms with Gasteiger partial charge < -0.3 is 20.1 Å². The Morgan fingerprint density at radius 2 is 1.76 bits per heavy atom. The van der Waals surface area contributed by atoms with Crippen molar-refractivity contribution in [3.05, 3.63) is 59.7 Å². The van der Waals surface area contributed by atoms with Crippen molar-refractivity contribution >= 4 is 29.7 Å². The fraction of sp³-hybridized carbons (Fsp3) is 0.400. The number of hydrogen-bond acceptors (Lipinski definition) is 5. The van der Waals surface area contributed by atoms with Gasteiger partial charge in [0.15, 0.2) is 0 Å². The Labute approximate surface area is 197 Å². The monoisotopic (exact) mass is 468 g/mol. The molecule has 0 saturated carbocycles. The van der Waals surface area contributed by atoms with E-state index >= 15 is 0 Å². The highest BCUT2D eigenvalue weighted by molar-refractivity contribution is 7.99. The number of carboxylic acids is 1. The number of rotatable bonds is 8. The summed E-state index contributed by atoms with van der Waals surface area (Å²) in [6, 6.07) is 15.6. The smallest absolute Gasteiger partial charge is 0.407 e. The molecule has 0 aromatic heterocycles. The molecule has 8 heteroatoms. The minimum atomic E-state index is -0.974. The molecule has 174 valence electrons. The zero-order valence-corrected chi connectivity index (χ0v) is 19.3. The first-order valence-corrected chi connectivity index (χ1v) is 12.3. The molecule has 1 heterocycles. The highest BCUT2D eigenvalue weighted by atomic mass is 32.2. The number of amides is 2. The number of benzene rings is 2. The first-order valence-electron chi connectivity index (χ1n) is 11.2. The van der Waals surface area contributed by atoms with Gasteiger partial charge in [-0.2, -0.15) is 0 Å². The summed E-state index contributed by atoms with van der Waals surface area (Å²) in [5.41, 5.74) is 4.65. The highest BCUT2D eigenvalue weighted by Crippen LogP contribution is 2.44. The number of fused-ring (bicyclic) bond motifs is 3. The third-order valence-electron chi connectivity index (χ3n) is 6.41. The van der Waals surface area contributed by atoms with Crippen LogP contribution in [0.4, 0.5) is 4.79 Å². The quantitative estimate of drug-likeness (QED) is 0.610. The molecule has 33 heavy (non-hydrogen) atoms. The molecule has 2 amide bonds. The van der Waals surface area contributed by atoms with Crippen LogP contribution in [0.3, 0.4) is 0 Å². The van der Waals surface area contributed by atoms with Crippen molar-refractivity contribution in [1.82, 2.24) is 10.2 Å². The molecule has 2 atom stereocenters. The van der Waals surface area contributed by atoms with Crippen LogP contribution in [0.25, 0.3) is 11.1 Å². The molecule has 0 bridgehead atoms. The van der Waals surface area contributed by atoms with Crippen LogP contribution in [-0.2, 0) is 14.3 Å². The van der Waals surface area contributed by atoms with Crippen molar-refractivity contribution in [3.8, 4) is 11.1 Å². The van der Waals surface area contributed by atoms with Gasteiger partial charge in [-0.3, -0.25) is 4.79 Å². The molecule has 0 spiro atoms. The normalized spacial score (nSPS) is 17.8. The molecule has 1 aliphatic heterocycles. The second-order valence-corrected chi connectivity index (χ2v) is 9.40. The number of carbonyl (C=O) groups is 3. The number of alkyl carbamates (subject to hydrolysis) is 1. The van der Waals surface area contributed by atoms with Gasteiger partial charge >= 0.3 is 12.1 Å². The summed E-state index contributed by atoms with van der Waals surface area (Å²) < 4.78 is 5.56. The van der Waals surface area contributed by atoms with E-state index in [1.807, 2.05) is 31.2 Å². The maximum Gasteiger partial charge on any atom is 0.407 e. The molecule has 4 rings (SSSR count). The van der Waals surface area contributed by atoms with Crippen LogP contribution in [0.15, 0.2) is 48.5 Å². The predicted octanol–water partition coefficient (Wildman–Crippen LogP) is 3.93. The number of aliphatic carboxylic acids is 1. The van der Waals surface area contributed by atoms with Gasteiger partial charge in [-0.15, -0.1) is 11.8 Å². The van der Waals surface area contributed by atoms with Gasteiger partial charge in [0.25, 0.3) is 0 Å². The third-order valence-corrected chi connectivity index (χ3v) is 7.42. The molecule has 1 unspecified atom stereocenters. The van der Waals surface area contributed by atoms with Crippen LogP contribution in [0, 0.1) is 5.92 Å². The maximum atomic E-state index is 12.6. The second-order valence-electron chi connectivity index (χ2n) is 8.40. The van der Waals surface area contributed by atoms with E-state index in [9.17, 15) is 19.5 Å². The van der Waals surface area contributed by atoms with Crippen LogP contribution in [0.1, 0.15) is 36.8 Å². The molecule has 2 aliphatic rings. The summed E-state index contributed by atoms with van der Waals surface area (Å²) in [7, 11) is 0. The van der Waals surface area contributed by atoms with Gasteiger partial charge in [0.1, 0.15) is 12.6 Å². The van der Waals surface area contributed by atoms with Crippen molar-refractivity contribution in [2.24, 2.45) is 5.92 Å². The largest absolute Gasteiger partial charge is 0.480 e. The fourth-order valence-corrected chi connectivity index (χ4v) is 5.67. The van der Waals surface area contributed by atoms with Crippen LogP contribution < -0.4 is 5.32 Å². The number of thioether (sulfide) groups is 1. The molecule has 7 nitrogen and oxygen atoms in total. The van der Waals surface area contributed by atoms with E-state index in [1.165, 1.54) is 27.8 Å². The zero-order chi connectivity index (χ0) is 23.4. The van der Waals surface area contributed by atoms with E-state index in [1.54, 1.807) is 0 Å². The van der Waals surface area contributed by atoms with Crippen LogP contribution in [0.2, 0.25) is 0 Å². The van der Waals surface area contributed by atoms with E-state index in [0.29, 0.717) is 24.6 Å². The van der Waals surface area contributed by atoms with E-state index < -0.39 is 18.1 Å². The maximum absolute atomic E-state index is 12.6. The molecule has 0 radical (unpaired) electrons. The summed E-state index contributed by atoms with van der Waals surface area (Å²) in [5.74, 6) is -0.445. The number of ether oxygens (including phenoxy) is 1. The summed E-state index contributed by atoms with van der Waals surface area (Å²) in [5, 5.41) is 12.1. The Morgan fingerprint density at radius 3 is 2.36 bits per heavy atom. The molecule has 2 aromatic carbocycles. The first-order chi connectivity index (χ1) is 16.0. The highest BCUT2D eigenvalue weighted by Gasteiger charge is 2.35. The van der Waals surface area contributed by atoms with Gasteiger partial charge in [-0.25, -0.2) is 9.59 Å². The van der Waals surface area contributed by atoms with Crippen LogP contribution >= 0.6 is 11.8 Å². The fourth-order valence-electron chi connectivity index (χ4n) is 4.50. The van der Waals surface area contributed by atoms with Crippen molar-refractivity contribution in [2.75, 3.05) is 24.8 Å². The Balaban J connectivity index is 1.29. The Bertz CT molecular complexity index is 997. The number of carbonyl (C=O) groups excluding carboxylic acids is 2. The zero-order valence-electron chi connectivity index (χ0n) is 18.5. The lowest BCUT2D eigenvalue weighted by molar-refractivity contribution is -0.148. The third kappa shape index (κ3) is 5.00. The minimum absolute atomic E-state index is 0.00711. The van der Waals surface area contributed by atoms with Crippen LogP contribution in [0.5, 0.6) is 0 Å². The topological polar surface area (TPSA) is 95.9 Å². The molecular weight excluding hydrogens is 440 g/mol. The predicted molar refractivity (Wildman–Crippen MR) is 127 cm³/mol. The van der Waals surface area contributed by atoms with Gasteiger partial charge in [-0.1, -0.05) is 61.9 Å². The summed E-state index contributed by atoms with van der Waals surface area (Å²) in [6.07, 6.45) is 0.376. The van der Waals surface area contributed by atoms with E-state index in [4.69, 9.17) is 4.74 Å². The molecule has 2 N–H and O–H groups in total. The molecular formula is C25H28N2O5S. The second kappa shape index (κ2) is 10.3. The Kier molecular flexibility index (Phi) is 7.23. The Morgan fingerprint density at radius 1 is 1.12 bits per heavy atom. The lowest BCUT2D eigenvalue weighted by Crippen LogP contribution is -2.43. The van der Waals surface area contributed by atoms with Crippen molar-refractivity contribution in [3.63, 3.8) is 0 Å². The minimum Gasteiger partial charge on any atom is -0.480 e. The number of nitrogens with zero attached hydrogens (tertiary/aromatic N) is 1.